The zero-order valence-electron chi connectivity index (χ0n) is 20.4. The molecule has 1 aliphatic rings. The molecule has 0 spiro atoms. The maximum atomic E-state index is 12.9. The van der Waals surface area contributed by atoms with Gasteiger partial charge in [-0.2, -0.15) is 0 Å². The quantitative estimate of drug-likeness (QED) is 0.460. The molecule has 3 aromatic rings. The van der Waals surface area contributed by atoms with Gasteiger partial charge in [0.1, 0.15) is 12.3 Å². The Labute approximate surface area is 209 Å². The molecule has 2 amide bonds. The molecule has 1 atom stereocenters. The van der Waals surface area contributed by atoms with Gasteiger partial charge in [0.05, 0.1) is 18.8 Å². The van der Waals surface area contributed by atoms with Gasteiger partial charge < -0.3 is 19.5 Å². The predicted molar refractivity (Wildman–Crippen MR) is 135 cm³/mol. The monoisotopic (exact) mass is 488 g/mol. The minimum Gasteiger partial charge on any atom is -0.493 e. The Balaban J connectivity index is 1.47. The van der Waals surface area contributed by atoms with Crippen LogP contribution in [0.1, 0.15) is 34.5 Å². The van der Waals surface area contributed by atoms with Gasteiger partial charge in [-0.05, 0) is 55.3 Å². The second-order valence-electron chi connectivity index (χ2n) is 8.52. The third-order valence-corrected chi connectivity index (χ3v) is 5.88. The smallest absolute Gasteiger partial charge is 0.265 e. The Morgan fingerprint density at radius 2 is 1.83 bits per heavy atom. The van der Waals surface area contributed by atoms with Crippen molar-refractivity contribution in [2.75, 3.05) is 31.8 Å². The number of nitrogens with one attached hydrogen (secondary N) is 1. The maximum absolute atomic E-state index is 12.9. The number of rotatable bonds is 9. The molecule has 0 fully saturated rings. The zero-order chi connectivity index (χ0) is 25.7. The van der Waals surface area contributed by atoms with E-state index in [2.05, 4.69) is 5.32 Å². The van der Waals surface area contributed by atoms with Crippen LogP contribution in [0.15, 0.2) is 66.7 Å². The van der Waals surface area contributed by atoms with Crippen molar-refractivity contribution in [1.29, 1.82) is 0 Å². The normalized spacial score (nSPS) is 13.3. The van der Waals surface area contributed by atoms with Gasteiger partial charge in [0.25, 0.3) is 5.91 Å². The summed E-state index contributed by atoms with van der Waals surface area (Å²) in [5.41, 5.74) is 2.67. The molecule has 36 heavy (non-hydrogen) atoms. The summed E-state index contributed by atoms with van der Waals surface area (Å²) in [5.74, 6) is 0.443. The lowest BCUT2D eigenvalue weighted by atomic mass is 10.1. The lowest BCUT2D eigenvalue weighted by molar-refractivity contribution is -0.125. The summed E-state index contributed by atoms with van der Waals surface area (Å²) in [6.45, 7) is 3.21. The van der Waals surface area contributed by atoms with Gasteiger partial charge in [-0.3, -0.25) is 19.3 Å². The van der Waals surface area contributed by atoms with Crippen molar-refractivity contribution in [3.05, 3.63) is 83.4 Å². The summed E-state index contributed by atoms with van der Waals surface area (Å²) in [7, 11) is 1.54. The molecule has 0 unspecified atom stereocenters. The first-order valence-electron chi connectivity index (χ1n) is 11.6. The standard InChI is InChI=1S/C28H28N2O6/c1-18-9-11-25(26(13-18)34-3)35-16-23(31)21-10-12-24-22(14-21)30(28(33)17-36-24)15-27(32)29-19(2)20-7-5-4-6-8-20/h4-14,19H,15-17H2,1-3H3,(H,29,32)/t19-/m0/s1. The predicted octanol–water partition coefficient (Wildman–Crippen LogP) is 3.87. The molecule has 1 heterocycles. The van der Waals surface area contributed by atoms with E-state index < -0.39 is 0 Å². The molecule has 8 heteroatoms. The van der Waals surface area contributed by atoms with E-state index in [0.29, 0.717) is 28.5 Å². The molecule has 4 rings (SSSR count). The number of benzene rings is 3. The number of carbonyl (C=O) groups excluding carboxylic acids is 3. The molecule has 0 aliphatic carbocycles. The molecular formula is C28H28N2O6. The highest BCUT2D eigenvalue weighted by atomic mass is 16.5. The third-order valence-electron chi connectivity index (χ3n) is 5.88. The summed E-state index contributed by atoms with van der Waals surface area (Å²) < 4.78 is 16.5. The van der Waals surface area contributed by atoms with E-state index in [1.807, 2.05) is 56.3 Å². The second kappa shape index (κ2) is 10.9. The minimum absolute atomic E-state index is 0.182. The number of ketones is 1. The summed E-state index contributed by atoms with van der Waals surface area (Å²) >= 11 is 0. The highest BCUT2D eigenvalue weighted by Crippen LogP contribution is 2.33. The number of ether oxygens (including phenoxy) is 3. The molecule has 0 radical (unpaired) electrons. The minimum atomic E-state index is -0.366. The molecular weight excluding hydrogens is 460 g/mol. The van der Waals surface area contributed by atoms with Crippen molar-refractivity contribution in [1.82, 2.24) is 5.32 Å². The van der Waals surface area contributed by atoms with Gasteiger partial charge in [0.15, 0.2) is 30.5 Å². The SMILES string of the molecule is COc1cc(C)ccc1OCC(=O)c1ccc2c(c1)N(CC(=O)N[C@@H](C)c1ccccc1)C(=O)CO2. The van der Waals surface area contributed by atoms with E-state index in [4.69, 9.17) is 14.2 Å². The van der Waals surface area contributed by atoms with E-state index in [-0.39, 0.29) is 43.4 Å². The van der Waals surface area contributed by atoms with E-state index in [0.717, 1.165) is 11.1 Å². The summed E-state index contributed by atoms with van der Waals surface area (Å²) in [6, 6.07) is 19.6. The lowest BCUT2D eigenvalue weighted by Gasteiger charge is -2.29. The Morgan fingerprint density at radius 1 is 1.06 bits per heavy atom. The van der Waals surface area contributed by atoms with E-state index in [9.17, 15) is 14.4 Å². The molecule has 3 aromatic carbocycles. The summed E-state index contributed by atoms with van der Waals surface area (Å²) in [6.07, 6.45) is 0. The van der Waals surface area contributed by atoms with Crippen LogP contribution in [0.25, 0.3) is 0 Å². The first-order valence-corrected chi connectivity index (χ1v) is 11.6. The summed E-state index contributed by atoms with van der Waals surface area (Å²) in [4.78, 5) is 39.6. The van der Waals surface area contributed by atoms with Crippen molar-refractivity contribution in [3.63, 3.8) is 0 Å². The van der Waals surface area contributed by atoms with Gasteiger partial charge in [-0.15, -0.1) is 0 Å². The van der Waals surface area contributed by atoms with E-state index in [1.54, 1.807) is 24.3 Å². The molecule has 1 aliphatic heterocycles. The largest absolute Gasteiger partial charge is 0.493 e. The van der Waals surface area contributed by atoms with E-state index in [1.165, 1.54) is 12.0 Å². The van der Waals surface area contributed by atoms with Crippen molar-refractivity contribution >= 4 is 23.3 Å². The van der Waals surface area contributed by atoms with Crippen LogP contribution >= 0.6 is 0 Å². The zero-order valence-corrected chi connectivity index (χ0v) is 20.4. The molecule has 0 bridgehead atoms. The number of Topliss-reactive ketones (excluding diaryl/α,β-unsaturated/α-hetero) is 1. The Hall–Kier alpha value is -4.33. The number of anilines is 1. The third kappa shape index (κ3) is 5.66. The van der Waals surface area contributed by atoms with Crippen molar-refractivity contribution in [3.8, 4) is 17.2 Å². The van der Waals surface area contributed by atoms with Gasteiger partial charge in [-0.1, -0.05) is 36.4 Å². The molecule has 8 nitrogen and oxygen atoms in total. The van der Waals surface area contributed by atoms with Crippen molar-refractivity contribution in [2.45, 2.75) is 19.9 Å². The molecule has 186 valence electrons. The first kappa shape index (κ1) is 24.8. The topological polar surface area (TPSA) is 94.2 Å². The number of hydrogen-bond donors (Lipinski definition) is 1. The van der Waals surface area contributed by atoms with Gasteiger partial charge in [0.2, 0.25) is 5.91 Å². The van der Waals surface area contributed by atoms with Crippen LogP contribution in [0, 0.1) is 6.92 Å². The fourth-order valence-electron chi connectivity index (χ4n) is 3.93. The van der Waals surface area contributed by atoms with Crippen LogP contribution in [0.5, 0.6) is 17.2 Å². The van der Waals surface area contributed by atoms with Crippen LogP contribution in [0.4, 0.5) is 5.69 Å². The second-order valence-corrected chi connectivity index (χ2v) is 8.52. The Kier molecular flexibility index (Phi) is 7.53. The molecule has 0 saturated heterocycles. The lowest BCUT2D eigenvalue weighted by Crippen LogP contribution is -2.45. The molecule has 0 aromatic heterocycles. The number of nitrogens with zero attached hydrogens (tertiary/aromatic N) is 1. The van der Waals surface area contributed by atoms with Gasteiger partial charge >= 0.3 is 0 Å². The number of amides is 2. The average molecular weight is 489 g/mol. The van der Waals surface area contributed by atoms with Crippen LogP contribution < -0.4 is 24.4 Å². The summed E-state index contributed by atoms with van der Waals surface area (Å²) in [5, 5.41) is 2.91. The van der Waals surface area contributed by atoms with Crippen LogP contribution in [0.3, 0.4) is 0 Å². The first-order chi connectivity index (χ1) is 17.4. The van der Waals surface area contributed by atoms with Crippen molar-refractivity contribution in [2.24, 2.45) is 0 Å². The number of carbonyl (C=O) groups is 3. The Morgan fingerprint density at radius 3 is 2.58 bits per heavy atom. The molecule has 0 saturated carbocycles. The highest BCUT2D eigenvalue weighted by molar-refractivity contribution is 6.04. The number of aryl methyl sites for hydroxylation is 1. The van der Waals surface area contributed by atoms with Crippen molar-refractivity contribution < 1.29 is 28.6 Å². The maximum Gasteiger partial charge on any atom is 0.265 e. The highest BCUT2D eigenvalue weighted by Gasteiger charge is 2.29. The Bertz CT molecular complexity index is 1270. The number of fused-ring (bicyclic) bond motifs is 1. The molecule has 1 N–H and O–H groups in total. The van der Waals surface area contributed by atoms with Gasteiger partial charge in [-0.25, -0.2) is 0 Å². The van der Waals surface area contributed by atoms with Crippen LogP contribution in [-0.2, 0) is 9.59 Å². The number of methoxy groups -OCH3 is 1. The van der Waals surface area contributed by atoms with Gasteiger partial charge in [0, 0.05) is 5.56 Å². The van der Waals surface area contributed by atoms with E-state index >= 15 is 0 Å². The van der Waals surface area contributed by atoms with Crippen LogP contribution in [0.2, 0.25) is 0 Å². The average Bonchev–Trinajstić information content (AvgIpc) is 2.89. The van der Waals surface area contributed by atoms with Crippen LogP contribution in [-0.4, -0.2) is 44.5 Å². The number of hydrogen-bond acceptors (Lipinski definition) is 6. The fraction of sp³-hybridized carbons (Fsp3) is 0.250. The fourth-order valence-corrected chi connectivity index (χ4v) is 3.93.